The van der Waals surface area contributed by atoms with Gasteiger partial charge in [0.05, 0.1) is 12.9 Å². The van der Waals surface area contributed by atoms with Crippen LogP contribution < -0.4 is 16.2 Å². The van der Waals surface area contributed by atoms with Crippen molar-refractivity contribution < 1.29 is 0 Å². The summed E-state index contributed by atoms with van der Waals surface area (Å²) in [6.45, 7) is 0.771. The number of hydrogen-bond acceptors (Lipinski definition) is 3. The van der Waals surface area contributed by atoms with E-state index >= 15 is 0 Å². The molecule has 0 saturated carbocycles. The first-order chi connectivity index (χ1) is 3.00. The number of hydrogen-bond donors (Lipinski definition) is 3. The first-order valence-corrected chi connectivity index (χ1v) is 1.78. The van der Waals surface area contributed by atoms with Crippen LogP contribution in [0.5, 0.6) is 0 Å². The van der Waals surface area contributed by atoms with Crippen LogP contribution in [0.4, 0.5) is 0 Å². The predicted molar refractivity (Wildman–Crippen MR) is 22.1 cm³/mol. The molecule has 0 aromatic heterocycles. The highest BCUT2D eigenvalue weighted by molar-refractivity contribution is 4.70. The Bertz CT molecular complexity index is 51.1. The topological polar surface area (TPSA) is 36.1 Å². The standard InChI is InChI=1S/C3H6N3/c1-2-5-6-3-4-1/h1,4-6H,3H2. The minimum Gasteiger partial charge on any atom is -0.375 e. The zero-order chi connectivity index (χ0) is 4.24. The molecule has 1 aliphatic rings. The Morgan fingerprint density at radius 3 is 2.83 bits per heavy atom. The molecule has 0 unspecified atom stereocenters. The van der Waals surface area contributed by atoms with Crippen molar-refractivity contribution in [1.29, 1.82) is 0 Å². The van der Waals surface area contributed by atoms with Gasteiger partial charge in [-0.05, 0) is 0 Å². The lowest BCUT2D eigenvalue weighted by atomic mass is 10.8. The Balaban J connectivity index is 2.26. The number of nitrogens with one attached hydrogen (secondary N) is 3. The van der Waals surface area contributed by atoms with Crippen molar-refractivity contribution in [2.45, 2.75) is 0 Å². The van der Waals surface area contributed by atoms with E-state index in [0.29, 0.717) is 0 Å². The Morgan fingerprint density at radius 2 is 2.67 bits per heavy atom. The maximum Gasteiger partial charge on any atom is 0.0908 e. The molecule has 1 radical (unpaired) electrons. The molecule has 0 fully saturated rings. The lowest BCUT2D eigenvalue weighted by Crippen LogP contribution is -2.38. The third kappa shape index (κ3) is 0.621. The van der Waals surface area contributed by atoms with Crippen LogP contribution in [0, 0.1) is 6.20 Å². The second-order valence-corrected chi connectivity index (χ2v) is 0.971. The van der Waals surface area contributed by atoms with E-state index in [1.165, 1.54) is 0 Å². The van der Waals surface area contributed by atoms with Crippen LogP contribution in [-0.4, -0.2) is 6.67 Å². The Hall–Kier alpha value is -0.700. The molecule has 0 spiro atoms. The summed E-state index contributed by atoms with van der Waals surface area (Å²) < 4.78 is 0. The minimum absolute atomic E-state index is 0.771. The van der Waals surface area contributed by atoms with Crippen LogP contribution in [-0.2, 0) is 0 Å². The van der Waals surface area contributed by atoms with Crippen molar-refractivity contribution in [2.24, 2.45) is 0 Å². The zero-order valence-electron chi connectivity index (χ0n) is 3.28. The lowest BCUT2D eigenvalue weighted by Gasteiger charge is -2.06. The monoisotopic (exact) mass is 84.1 g/mol. The van der Waals surface area contributed by atoms with Gasteiger partial charge in [-0.25, -0.2) is 5.43 Å². The fourth-order valence-corrected chi connectivity index (χ4v) is 0.284. The summed E-state index contributed by atoms with van der Waals surface area (Å²) in [5, 5.41) is 2.88. The van der Waals surface area contributed by atoms with Crippen LogP contribution in [0.3, 0.4) is 0 Å². The number of hydrazine groups is 1. The molecule has 0 aromatic carbocycles. The van der Waals surface area contributed by atoms with Gasteiger partial charge < -0.3 is 10.7 Å². The largest absolute Gasteiger partial charge is 0.375 e. The quantitative estimate of drug-likeness (QED) is 0.349. The van der Waals surface area contributed by atoms with Gasteiger partial charge in [-0.3, -0.25) is 0 Å². The maximum absolute atomic E-state index is 2.88. The van der Waals surface area contributed by atoms with E-state index in [2.05, 4.69) is 22.4 Å². The van der Waals surface area contributed by atoms with E-state index in [-0.39, 0.29) is 0 Å². The highest BCUT2D eigenvalue weighted by atomic mass is 15.4. The normalized spacial score (nSPS) is 18.7. The summed E-state index contributed by atoms with van der Waals surface area (Å²) in [7, 11) is 0. The van der Waals surface area contributed by atoms with Crippen molar-refractivity contribution in [3.05, 3.63) is 12.4 Å². The molecule has 1 heterocycles. The molecule has 6 heavy (non-hydrogen) atoms. The second-order valence-electron chi connectivity index (χ2n) is 0.971. The van der Waals surface area contributed by atoms with Gasteiger partial charge in [-0.2, -0.15) is 0 Å². The fraction of sp³-hybridized carbons (Fsp3) is 0.333. The zero-order valence-corrected chi connectivity index (χ0v) is 3.28. The van der Waals surface area contributed by atoms with Crippen molar-refractivity contribution in [2.75, 3.05) is 6.67 Å². The van der Waals surface area contributed by atoms with Crippen LogP contribution in [0.25, 0.3) is 0 Å². The van der Waals surface area contributed by atoms with Crippen LogP contribution in [0.1, 0.15) is 0 Å². The van der Waals surface area contributed by atoms with Gasteiger partial charge in [-0.15, -0.1) is 0 Å². The second kappa shape index (κ2) is 1.67. The van der Waals surface area contributed by atoms with E-state index in [1.54, 1.807) is 6.20 Å². The van der Waals surface area contributed by atoms with Gasteiger partial charge in [0.1, 0.15) is 0 Å². The van der Waals surface area contributed by atoms with Crippen LogP contribution in [0.2, 0.25) is 0 Å². The highest BCUT2D eigenvalue weighted by Crippen LogP contribution is 1.59. The van der Waals surface area contributed by atoms with Crippen LogP contribution >= 0.6 is 0 Å². The van der Waals surface area contributed by atoms with Gasteiger partial charge in [0, 0.05) is 6.20 Å². The average Bonchev–Trinajstić information content (AvgIpc) is 1.72. The number of rotatable bonds is 0. The molecule has 33 valence electrons. The third-order valence-electron chi connectivity index (χ3n) is 0.525. The van der Waals surface area contributed by atoms with E-state index in [0.717, 1.165) is 6.67 Å². The summed E-state index contributed by atoms with van der Waals surface area (Å²) in [6, 6.07) is 0. The minimum atomic E-state index is 0.771. The summed E-state index contributed by atoms with van der Waals surface area (Å²) in [5.41, 5.74) is 5.45. The van der Waals surface area contributed by atoms with Gasteiger partial charge in [0.25, 0.3) is 0 Å². The highest BCUT2D eigenvalue weighted by Gasteiger charge is 1.80. The van der Waals surface area contributed by atoms with Crippen molar-refractivity contribution in [3.8, 4) is 0 Å². The molecular formula is C3H6N3. The van der Waals surface area contributed by atoms with Crippen molar-refractivity contribution in [1.82, 2.24) is 16.2 Å². The summed E-state index contributed by atoms with van der Waals surface area (Å²) >= 11 is 0. The van der Waals surface area contributed by atoms with E-state index in [9.17, 15) is 0 Å². The van der Waals surface area contributed by atoms with E-state index in [4.69, 9.17) is 0 Å². The molecule has 0 amide bonds. The summed E-state index contributed by atoms with van der Waals surface area (Å²) in [5.74, 6) is 0. The van der Waals surface area contributed by atoms with E-state index < -0.39 is 0 Å². The molecular weight excluding hydrogens is 78.1 g/mol. The Labute approximate surface area is 36.4 Å². The predicted octanol–water partition coefficient (Wildman–Crippen LogP) is -1.08. The summed E-state index contributed by atoms with van der Waals surface area (Å²) in [6.07, 6.45) is 4.41. The van der Waals surface area contributed by atoms with Gasteiger partial charge in [0.2, 0.25) is 0 Å². The molecule has 3 N–H and O–H groups in total. The first kappa shape index (κ1) is 3.49. The van der Waals surface area contributed by atoms with Gasteiger partial charge in [-0.1, -0.05) is 0 Å². The van der Waals surface area contributed by atoms with Crippen molar-refractivity contribution in [3.63, 3.8) is 0 Å². The molecule has 0 aliphatic carbocycles. The molecule has 1 aliphatic heterocycles. The molecule has 3 heteroatoms. The van der Waals surface area contributed by atoms with Crippen molar-refractivity contribution >= 4 is 0 Å². The molecule has 3 nitrogen and oxygen atoms in total. The molecule has 0 bridgehead atoms. The smallest absolute Gasteiger partial charge is 0.0908 e. The SMILES string of the molecule is [C]1=CNCNN1. The Kier molecular flexibility index (Phi) is 0.969. The average molecular weight is 84.1 g/mol. The summed E-state index contributed by atoms with van der Waals surface area (Å²) in [4.78, 5) is 0. The van der Waals surface area contributed by atoms with E-state index in [1.807, 2.05) is 0 Å². The molecule has 0 atom stereocenters. The van der Waals surface area contributed by atoms with Crippen LogP contribution in [0.15, 0.2) is 6.20 Å². The molecule has 0 saturated heterocycles. The molecule has 0 aromatic rings. The van der Waals surface area contributed by atoms with Gasteiger partial charge in [0.15, 0.2) is 0 Å². The molecule has 1 rings (SSSR count). The third-order valence-corrected chi connectivity index (χ3v) is 0.525. The maximum atomic E-state index is 2.88. The Morgan fingerprint density at radius 1 is 1.67 bits per heavy atom. The lowest BCUT2D eigenvalue weighted by molar-refractivity contribution is 0.552. The fourth-order valence-electron chi connectivity index (χ4n) is 0.284. The first-order valence-electron chi connectivity index (χ1n) is 1.78. The van der Waals surface area contributed by atoms with Gasteiger partial charge >= 0.3 is 0 Å².